The summed E-state index contributed by atoms with van der Waals surface area (Å²) in [6.07, 6.45) is 0.267. The molecule has 1 aromatic rings. The van der Waals surface area contributed by atoms with Gasteiger partial charge in [0.15, 0.2) is 15.7 Å². The summed E-state index contributed by atoms with van der Waals surface area (Å²) < 4.78 is 29.0. The fourth-order valence-electron chi connectivity index (χ4n) is 2.33. The number of aromatic nitrogens is 2. The number of hydrogen-bond donors (Lipinski definition) is 2. The average molecular weight is 403 g/mol. The molecule has 0 aliphatic heterocycles. The first-order valence-electron chi connectivity index (χ1n) is 8.91. The summed E-state index contributed by atoms with van der Waals surface area (Å²) in [5, 5.41) is 6.27. The van der Waals surface area contributed by atoms with Crippen molar-refractivity contribution in [2.45, 2.75) is 65.5 Å². The molecule has 2 unspecified atom stereocenters. The Balaban J connectivity index is 2.80. The van der Waals surface area contributed by atoms with E-state index in [9.17, 15) is 18.0 Å². The molecule has 154 valence electrons. The van der Waals surface area contributed by atoms with Gasteiger partial charge in [-0.05, 0) is 12.3 Å². The van der Waals surface area contributed by atoms with Crippen LogP contribution in [0.5, 0.6) is 0 Å². The van der Waals surface area contributed by atoms with Gasteiger partial charge in [0.2, 0.25) is 11.7 Å². The summed E-state index contributed by atoms with van der Waals surface area (Å²) in [5.74, 6) is -1.66. The molecule has 27 heavy (non-hydrogen) atoms. The van der Waals surface area contributed by atoms with E-state index in [0.717, 1.165) is 0 Å². The molecule has 0 aromatic carbocycles. The Hall–Kier alpha value is -1.81. The number of nitrogens with one attached hydrogen (secondary N) is 1. The molecule has 0 saturated heterocycles. The molecule has 1 heterocycles. The van der Waals surface area contributed by atoms with Crippen LogP contribution in [0.2, 0.25) is 0 Å². The zero-order chi connectivity index (χ0) is 21.0. The van der Waals surface area contributed by atoms with Crippen molar-refractivity contribution in [2.75, 3.05) is 11.5 Å². The summed E-state index contributed by atoms with van der Waals surface area (Å²) >= 11 is 0. The van der Waals surface area contributed by atoms with E-state index in [2.05, 4.69) is 15.5 Å². The van der Waals surface area contributed by atoms with Gasteiger partial charge in [0.1, 0.15) is 0 Å². The van der Waals surface area contributed by atoms with Crippen molar-refractivity contribution in [1.82, 2.24) is 15.5 Å². The molecule has 0 aliphatic carbocycles. The van der Waals surface area contributed by atoms with Gasteiger partial charge in [-0.15, -0.1) is 0 Å². The van der Waals surface area contributed by atoms with Crippen LogP contribution >= 0.6 is 0 Å². The molecule has 1 amide bonds. The lowest BCUT2D eigenvalue weighted by atomic mass is 9.96. The van der Waals surface area contributed by atoms with Crippen LogP contribution in [0.4, 0.5) is 0 Å². The number of nitrogens with zero attached hydrogens (tertiary/aromatic N) is 2. The van der Waals surface area contributed by atoms with Gasteiger partial charge in [-0.25, -0.2) is 8.42 Å². The molecule has 3 N–H and O–H groups in total. The zero-order valence-electron chi connectivity index (χ0n) is 16.8. The molecule has 0 saturated carbocycles. The quantitative estimate of drug-likeness (QED) is 0.578. The van der Waals surface area contributed by atoms with E-state index < -0.39 is 39.4 Å². The molecular formula is C17H30N4O5S. The number of amides is 1. The number of carbonyl (C=O) groups excluding carboxylic acids is 2. The van der Waals surface area contributed by atoms with Gasteiger partial charge >= 0.3 is 0 Å². The lowest BCUT2D eigenvalue weighted by Crippen LogP contribution is -2.51. The smallest absolute Gasteiger partial charge is 0.296 e. The third-order valence-corrected chi connectivity index (χ3v) is 5.75. The van der Waals surface area contributed by atoms with E-state index in [1.165, 1.54) is 0 Å². The lowest BCUT2D eigenvalue weighted by Gasteiger charge is -2.18. The molecule has 2 atom stereocenters. The van der Waals surface area contributed by atoms with Crippen molar-refractivity contribution >= 4 is 21.5 Å². The van der Waals surface area contributed by atoms with E-state index in [-0.39, 0.29) is 29.4 Å². The van der Waals surface area contributed by atoms with E-state index in [0.29, 0.717) is 5.82 Å². The summed E-state index contributed by atoms with van der Waals surface area (Å²) in [6.45, 7) is 10.9. The highest BCUT2D eigenvalue weighted by molar-refractivity contribution is 7.91. The third kappa shape index (κ3) is 7.02. The van der Waals surface area contributed by atoms with Crippen molar-refractivity contribution in [3.63, 3.8) is 0 Å². The SMILES string of the molecule is CCC(NC(=O)C(N)CS(=O)(=O)CC(C)C)C(=O)c1nc(C(C)(C)C)no1. The predicted octanol–water partition coefficient (Wildman–Crippen LogP) is 0.843. The molecule has 0 spiro atoms. The molecule has 10 heteroatoms. The Labute approximate surface area is 160 Å². The fourth-order valence-corrected chi connectivity index (χ4v) is 4.18. The zero-order valence-corrected chi connectivity index (χ0v) is 17.6. The van der Waals surface area contributed by atoms with Crippen molar-refractivity contribution in [3.05, 3.63) is 11.7 Å². The molecule has 0 aliphatic rings. The summed E-state index contributed by atoms with van der Waals surface area (Å²) in [4.78, 5) is 28.9. The topological polar surface area (TPSA) is 145 Å². The van der Waals surface area contributed by atoms with Crippen LogP contribution in [0.1, 0.15) is 64.5 Å². The maximum absolute atomic E-state index is 12.5. The minimum Gasteiger partial charge on any atom is -0.344 e. The van der Waals surface area contributed by atoms with Gasteiger partial charge < -0.3 is 15.6 Å². The summed E-state index contributed by atoms with van der Waals surface area (Å²) in [6, 6.07) is -2.19. The van der Waals surface area contributed by atoms with Crippen molar-refractivity contribution < 1.29 is 22.5 Å². The van der Waals surface area contributed by atoms with Crippen LogP contribution in [0.25, 0.3) is 0 Å². The summed E-state index contributed by atoms with van der Waals surface area (Å²) in [5.41, 5.74) is 5.34. The van der Waals surface area contributed by atoms with Gasteiger partial charge in [-0.3, -0.25) is 9.59 Å². The maximum atomic E-state index is 12.5. The second kappa shape index (κ2) is 8.92. The second-order valence-electron chi connectivity index (χ2n) is 8.08. The third-order valence-electron chi connectivity index (χ3n) is 3.71. The average Bonchev–Trinajstić information content (AvgIpc) is 2.99. The Morgan fingerprint density at radius 2 is 1.81 bits per heavy atom. The highest BCUT2D eigenvalue weighted by Gasteiger charge is 2.31. The van der Waals surface area contributed by atoms with Crippen LogP contribution in [0.15, 0.2) is 4.52 Å². The van der Waals surface area contributed by atoms with Crippen LogP contribution in [-0.4, -0.2) is 53.8 Å². The Morgan fingerprint density at radius 3 is 2.26 bits per heavy atom. The van der Waals surface area contributed by atoms with Crippen LogP contribution in [0, 0.1) is 5.92 Å². The highest BCUT2D eigenvalue weighted by atomic mass is 32.2. The molecule has 1 rings (SSSR count). The molecular weight excluding hydrogens is 372 g/mol. The number of sulfone groups is 1. The van der Waals surface area contributed by atoms with Gasteiger partial charge in [-0.1, -0.05) is 46.7 Å². The van der Waals surface area contributed by atoms with E-state index >= 15 is 0 Å². The highest BCUT2D eigenvalue weighted by Crippen LogP contribution is 2.19. The van der Waals surface area contributed by atoms with E-state index in [4.69, 9.17) is 10.3 Å². The normalized spacial score (nSPS) is 14.8. The van der Waals surface area contributed by atoms with Crippen molar-refractivity contribution in [1.29, 1.82) is 0 Å². The fraction of sp³-hybridized carbons (Fsp3) is 0.765. The second-order valence-corrected chi connectivity index (χ2v) is 10.2. The molecule has 0 radical (unpaired) electrons. The molecule has 0 bridgehead atoms. The largest absolute Gasteiger partial charge is 0.344 e. The van der Waals surface area contributed by atoms with Gasteiger partial charge in [0.25, 0.3) is 5.89 Å². The predicted molar refractivity (Wildman–Crippen MR) is 101 cm³/mol. The summed E-state index contributed by atoms with van der Waals surface area (Å²) in [7, 11) is -3.46. The first kappa shape index (κ1) is 23.2. The monoisotopic (exact) mass is 402 g/mol. The maximum Gasteiger partial charge on any atom is 0.296 e. The standard InChI is InChI=1S/C17H30N4O5S/c1-7-12(13(22)15-20-16(21-26-15)17(4,5)6)19-14(23)11(18)9-27(24,25)8-10(2)3/h10-12H,7-9,18H2,1-6H3,(H,19,23). The Kier molecular flexibility index (Phi) is 7.67. The van der Waals surface area contributed by atoms with Gasteiger partial charge in [-0.2, -0.15) is 4.98 Å². The number of nitrogens with two attached hydrogens (primary N) is 1. The van der Waals surface area contributed by atoms with E-state index in [1.807, 2.05) is 20.8 Å². The van der Waals surface area contributed by atoms with Crippen LogP contribution in [-0.2, 0) is 20.0 Å². The van der Waals surface area contributed by atoms with Crippen molar-refractivity contribution in [2.24, 2.45) is 11.7 Å². The molecule has 1 aromatic heterocycles. The number of hydrogen-bond acceptors (Lipinski definition) is 8. The minimum absolute atomic E-state index is 0.0539. The number of ketones is 1. The first-order valence-corrected chi connectivity index (χ1v) is 10.7. The van der Waals surface area contributed by atoms with Gasteiger partial charge in [0.05, 0.1) is 23.6 Å². The number of rotatable bonds is 9. The number of Topliss-reactive ketones (excluding diaryl/α,β-unsaturated/α-hetero) is 1. The van der Waals surface area contributed by atoms with Crippen LogP contribution < -0.4 is 11.1 Å². The van der Waals surface area contributed by atoms with Gasteiger partial charge in [0, 0.05) is 5.41 Å². The molecule has 9 nitrogen and oxygen atoms in total. The van der Waals surface area contributed by atoms with Crippen molar-refractivity contribution in [3.8, 4) is 0 Å². The molecule has 0 fully saturated rings. The first-order chi connectivity index (χ1) is 12.3. The Morgan fingerprint density at radius 1 is 1.22 bits per heavy atom. The number of carbonyl (C=O) groups is 2. The Bertz CT molecular complexity index is 765. The lowest BCUT2D eigenvalue weighted by molar-refractivity contribution is -0.122. The minimum atomic E-state index is -3.46. The van der Waals surface area contributed by atoms with Crippen LogP contribution in [0.3, 0.4) is 0 Å². The van der Waals surface area contributed by atoms with E-state index in [1.54, 1.807) is 20.8 Å².